The number of hydrogen-bond donors (Lipinski definition) is 0. The highest BCUT2D eigenvalue weighted by Crippen LogP contribution is 2.37. The number of para-hydroxylation sites is 1. The van der Waals surface area contributed by atoms with E-state index in [0.717, 1.165) is 22.4 Å². The molecular formula is C18H17NO. The van der Waals surface area contributed by atoms with Crippen LogP contribution in [0.25, 0.3) is 11.6 Å². The summed E-state index contributed by atoms with van der Waals surface area (Å²) in [6, 6.07) is 16.2. The van der Waals surface area contributed by atoms with Gasteiger partial charge in [0.2, 0.25) is 0 Å². The summed E-state index contributed by atoms with van der Waals surface area (Å²) >= 11 is 0. The monoisotopic (exact) mass is 263 g/mol. The standard InChI is InChI=1S/C18H17NO/c1-3-19-17-7-5-4-6-15(17)16(18(19)20)12-14-10-8-13(2)9-11-14/h4-12H,3H2,1-2H3/b16-12-. The van der Waals surface area contributed by atoms with E-state index in [1.807, 2.05) is 54.3 Å². The lowest BCUT2D eigenvalue weighted by Crippen LogP contribution is -2.25. The van der Waals surface area contributed by atoms with Gasteiger partial charge in [-0.05, 0) is 31.6 Å². The normalized spacial score (nSPS) is 15.8. The Morgan fingerprint density at radius 1 is 1.05 bits per heavy atom. The van der Waals surface area contributed by atoms with Gasteiger partial charge in [-0.3, -0.25) is 4.79 Å². The smallest absolute Gasteiger partial charge is 0.258 e. The Morgan fingerprint density at radius 3 is 2.45 bits per heavy atom. The number of likely N-dealkylation sites (N-methyl/N-ethyl adjacent to an activating group) is 1. The first-order valence-corrected chi connectivity index (χ1v) is 6.90. The molecule has 20 heavy (non-hydrogen) atoms. The maximum absolute atomic E-state index is 12.5. The van der Waals surface area contributed by atoms with Crippen molar-refractivity contribution in [1.82, 2.24) is 0 Å². The van der Waals surface area contributed by atoms with Gasteiger partial charge in [0.1, 0.15) is 0 Å². The van der Waals surface area contributed by atoms with E-state index in [2.05, 4.69) is 19.1 Å². The maximum Gasteiger partial charge on any atom is 0.258 e. The second kappa shape index (κ2) is 4.97. The Balaban J connectivity index is 2.10. The van der Waals surface area contributed by atoms with Crippen molar-refractivity contribution < 1.29 is 4.79 Å². The van der Waals surface area contributed by atoms with Crippen LogP contribution in [0, 0.1) is 6.92 Å². The first kappa shape index (κ1) is 12.7. The lowest BCUT2D eigenvalue weighted by Gasteiger charge is -2.13. The summed E-state index contributed by atoms with van der Waals surface area (Å²) < 4.78 is 0. The van der Waals surface area contributed by atoms with Crippen molar-refractivity contribution >= 4 is 23.2 Å². The van der Waals surface area contributed by atoms with Gasteiger partial charge in [0, 0.05) is 17.7 Å². The number of benzene rings is 2. The number of rotatable bonds is 2. The molecule has 2 heteroatoms. The second-order valence-corrected chi connectivity index (χ2v) is 5.04. The van der Waals surface area contributed by atoms with Crippen LogP contribution in [0.3, 0.4) is 0 Å². The molecule has 0 bridgehead atoms. The molecule has 2 nitrogen and oxygen atoms in total. The number of nitrogens with zero attached hydrogens (tertiary/aromatic N) is 1. The van der Waals surface area contributed by atoms with Crippen molar-refractivity contribution in [3.05, 3.63) is 65.2 Å². The second-order valence-electron chi connectivity index (χ2n) is 5.04. The Labute approximate surface area is 119 Å². The summed E-state index contributed by atoms with van der Waals surface area (Å²) in [7, 11) is 0. The minimum Gasteiger partial charge on any atom is -0.308 e. The summed E-state index contributed by atoms with van der Waals surface area (Å²) in [5, 5.41) is 0. The van der Waals surface area contributed by atoms with Gasteiger partial charge in [-0.1, -0.05) is 48.0 Å². The van der Waals surface area contributed by atoms with Gasteiger partial charge >= 0.3 is 0 Å². The average Bonchev–Trinajstić information content (AvgIpc) is 2.74. The van der Waals surface area contributed by atoms with E-state index >= 15 is 0 Å². The number of aryl methyl sites for hydroxylation is 1. The molecule has 1 aliphatic heterocycles. The summed E-state index contributed by atoms with van der Waals surface area (Å²) in [6.07, 6.45) is 1.98. The Kier molecular flexibility index (Phi) is 3.15. The van der Waals surface area contributed by atoms with Gasteiger partial charge in [0.25, 0.3) is 5.91 Å². The van der Waals surface area contributed by atoms with Crippen molar-refractivity contribution in [2.45, 2.75) is 13.8 Å². The van der Waals surface area contributed by atoms with E-state index in [1.165, 1.54) is 5.56 Å². The molecule has 0 aromatic heterocycles. The third-order valence-corrected chi connectivity index (χ3v) is 3.67. The molecule has 0 atom stereocenters. The molecule has 0 spiro atoms. The Bertz CT molecular complexity index is 683. The number of hydrogen-bond acceptors (Lipinski definition) is 1. The van der Waals surface area contributed by atoms with Crippen LogP contribution >= 0.6 is 0 Å². The Hall–Kier alpha value is -2.35. The minimum absolute atomic E-state index is 0.0919. The Morgan fingerprint density at radius 2 is 1.75 bits per heavy atom. The molecule has 100 valence electrons. The van der Waals surface area contributed by atoms with E-state index < -0.39 is 0 Å². The predicted octanol–water partition coefficient (Wildman–Crippen LogP) is 3.90. The van der Waals surface area contributed by atoms with E-state index in [9.17, 15) is 4.79 Å². The number of carbonyl (C=O) groups excluding carboxylic acids is 1. The molecule has 0 unspecified atom stereocenters. The van der Waals surface area contributed by atoms with Gasteiger partial charge in [0.15, 0.2) is 0 Å². The van der Waals surface area contributed by atoms with Crippen LogP contribution in [0.5, 0.6) is 0 Å². The molecule has 0 radical (unpaired) electrons. The molecule has 0 N–H and O–H groups in total. The molecule has 1 amide bonds. The SMILES string of the molecule is CCN1C(=O)/C(=C\c2ccc(C)cc2)c2ccccc21. The van der Waals surface area contributed by atoms with E-state index in [-0.39, 0.29) is 5.91 Å². The van der Waals surface area contributed by atoms with Gasteiger partial charge in [-0.15, -0.1) is 0 Å². The zero-order valence-electron chi connectivity index (χ0n) is 11.8. The average molecular weight is 263 g/mol. The highest BCUT2D eigenvalue weighted by atomic mass is 16.2. The predicted molar refractivity (Wildman–Crippen MR) is 83.5 cm³/mol. The number of carbonyl (C=O) groups is 1. The molecule has 0 saturated heterocycles. The quantitative estimate of drug-likeness (QED) is 0.752. The molecule has 0 fully saturated rings. The topological polar surface area (TPSA) is 20.3 Å². The number of amides is 1. The fourth-order valence-corrected chi connectivity index (χ4v) is 2.59. The third kappa shape index (κ3) is 2.03. The van der Waals surface area contributed by atoms with Crippen LogP contribution in [0.4, 0.5) is 5.69 Å². The van der Waals surface area contributed by atoms with Crippen molar-refractivity contribution in [2.75, 3.05) is 11.4 Å². The first-order chi connectivity index (χ1) is 9.70. The van der Waals surface area contributed by atoms with Crippen LogP contribution in [0.1, 0.15) is 23.6 Å². The molecular weight excluding hydrogens is 246 g/mol. The minimum atomic E-state index is 0.0919. The summed E-state index contributed by atoms with van der Waals surface area (Å²) in [5.41, 5.74) is 5.11. The van der Waals surface area contributed by atoms with E-state index in [1.54, 1.807) is 0 Å². The van der Waals surface area contributed by atoms with E-state index in [4.69, 9.17) is 0 Å². The fraction of sp³-hybridized carbons (Fsp3) is 0.167. The van der Waals surface area contributed by atoms with Crippen LogP contribution in [-0.4, -0.2) is 12.5 Å². The van der Waals surface area contributed by atoms with Gasteiger partial charge in [-0.25, -0.2) is 0 Å². The molecule has 2 aromatic carbocycles. The van der Waals surface area contributed by atoms with Gasteiger partial charge < -0.3 is 4.90 Å². The summed E-state index contributed by atoms with van der Waals surface area (Å²) in [5.74, 6) is 0.0919. The molecule has 1 heterocycles. The largest absolute Gasteiger partial charge is 0.308 e. The number of fused-ring (bicyclic) bond motifs is 1. The zero-order chi connectivity index (χ0) is 14.1. The lowest BCUT2D eigenvalue weighted by molar-refractivity contribution is -0.112. The lowest BCUT2D eigenvalue weighted by atomic mass is 10.0. The third-order valence-electron chi connectivity index (χ3n) is 3.67. The highest BCUT2D eigenvalue weighted by molar-refractivity contribution is 6.35. The first-order valence-electron chi connectivity index (χ1n) is 6.90. The van der Waals surface area contributed by atoms with Crippen molar-refractivity contribution in [3.8, 4) is 0 Å². The summed E-state index contributed by atoms with van der Waals surface area (Å²) in [6.45, 7) is 4.76. The molecule has 2 aromatic rings. The van der Waals surface area contributed by atoms with Crippen LogP contribution < -0.4 is 4.90 Å². The fourth-order valence-electron chi connectivity index (χ4n) is 2.59. The molecule has 3 rings (SSSR count). The molecule has 0 saturated carbocycles. The van der Waals surface area contributed by atoms with Crippen LogP contribution in [-0.2, 0) is 4.79 Å². The molecule has 0 aliphatic carbocycles. The van der Waals surface area contributed by atoms with E-state index in [0.29, 0.717) is 6.54 Å². The van der Waals surface area contributed by atoms with Crippen LogP contribution in [0.15, 0.2) is 48.5 Å². The maximum atomic E-state index is 12.5. The van der Waals surface area contributed by atoms with Crippen LogP contribution in [0.2, 0.25) is 0 Å². The van der Waals surface area contributed by atoms with Gasteiger partial charge in [0.05, 0.1) is 5.69 Å². The van der Waals surface area contributed by atoms with Crippen molar-refractivity contribution in [3.63, 3.8) is 0 Å². The van der Waals surface area contributed by atoms with Crippen molar-refractivity contribution in [1.29, 1.82) is 0 Å². The highest BCUT2D eigenvalue weighted by Gasteiger charge is 2.30. The number of anilines is 1. The molecule has 1 aliphatic rings. The van der Waals surface area contributed by atoms with Gasteiger partial charge in [-0.2, -0.15) is 0 Å². The summed E-state index contributed by atoms with van der Waals surface area (Å²) in [4.78, 5) is 14.4. The zero-order valence-corrected chi connectivity index (χ0v) is 11.8. The van der Waals surface area contributed by atoms with Crippen molar-refractivity contribution in [2.24, 2.45) is 0 Å².